The molecule has 0 radical (unpaired) electrons. The van der Waals surface area contributed by atoms with Crippen LogP contribution < -0.4 is 0 Å². The summed E-state index contributed by atoms with van der Waals surface area (Å²) < 4.78 is 9.66. The van der Waals surface area contributed by atoms with Gasteiger partial charge in [-0.25, -0.2) is 24.0 Å². The number of esters is 2. The van der Waals surface area contributed by atoms with E-state index in [0.29, 0.717) is 25.6 Å². The van der Waals surface area contributed by atoms with Gasteiger partial charge in [0.15, 0.2) is 0 Å². The third-order valence-corrected chi connectivity index (χ3v) is 5.36. The van der Waals surface area contributed by atoms with Gasteiger partial charge in [-0.3, -0.25) is 0 Å². The predicted molar refractivity (Wildman–Crippen MR) is 178 cm³/mol. The molecular weight excluding hydrogens is 604 g/mol. The fourth-order valence-corrected chi connectivity index (χ4v) is 2.02. The maximum absolute atomic E-state index is 10.8. The van der Waals surface area contributed by atoms with Crippen molar-refractivity contribution in [2.24, 2.45) is 11.3 Å². The summed E-state index contributed by atoms with van der Waals surface area (Å²) >= 11 is 0. The zero-order valence-electron chi connectivity index (χ0n) is 28.0. The third kappa shape index (κ3) is 52.6. The number of hydrogen-bond donors (Lipinski definition) is 6. The lowest BCUT2D eigenvalue weighted by Gasteiger charge is -2.24. The Hall–Kier alpha value is -4.07. The molecule has 1 unspecified atom stereocenters. The van der Waals surface area contributed by atoms with Crippen molar-refractivity contribution in [1.82, 2.24) is 0 Å². The zero-order chi connectivity index (χ0) is 37.4. The van der Waals surface area contributed by atoms with Crippen LogP contribution in [0.2, 0.25) is 0 Å². The van der Waals surface area contributed by atoms with Crippen molar-refractivity contribution in [2.75, 3.05) is 33.0 Å². The summed E-state index contributed by atoms with van der Waals surface area (Å²) in [6.45, 7) is 24.2. The number of rotatable bonds is 18. The lowest BCUT2D eigenvalue weighted by molar-refractivity contribution is -0.139. The van der Waals surface area contributed by atoms with Crippen molar-refractivity contribution in [3.8, 4) is 0 Å². The number of unbranched alkanes of at least 4 members (excludes halogenated alkanes) is 2. The van der Waals surface area contributed by atoms with Crippen LogP contribution in [-0.4, -0.2) is 93.5 Å². The fraction of sp³-hybridized carbons (Fsp3) is 0.545. The smallest absolute Gasteiger partial charge is 0.330 e. The first kappa shape index (κ1) is 54.4. The Morgan fingerprint density at radius 3 is 1.20 bits per heavy atom. The van der Waals surface area contributed by atoms with Crippen LogP contribution in [0, 0.1) is 11.3 Å². The molecule has 0 fully saturated rings. The highest BCUT2D eigenvalue weighted by Gasteiger charge is 2.24. The normalized spacial score (nSPS) is 9.54. The van der Waals surface area contributed by atoms with Gasteiger partial charge in [-0.1, -0.05) is 86.3 Å². The van der Waals surface area contributed by atoms with Crippen LogP contribution in [0.3, 0.4) is 0 Å². The second-order valence-corrected chi connectivity index (χ2v) is 8.93. The molecule has 0 saturated carbocycles. The summed E-state index contributed by atoms with van der Waals surface area (Å²) in [5.74, 6) is -3.07. The minimum absolute atomic E-state index is 0.156. The van der Waals surface area contributed by atoms with Crippen molar-refractivity contribution >= 4 is 29.8 Å². The highest BCUT2D eigenvalue weighted by Crippen LogP contribution is 2.18. The largest absolute Gasteiger partial charge is 0.478 e. The van der Waals surface area contributed by atoms with Gasteiger partial charge in [0.05, 0.1) is 33.0 Å². The van der Waals surface area contributed by atoms with E-state index in [2.05, 4.69) is 51.5 Å². The Labute approximate surface area is 274 Å². The molecule has 0 rings (SSSR count). The van der Waals surface area contributed by atoms with Crippen molar-refractivity contribution < 1.29 is 64.1 Å². The molecule has 13 nitrogen and oxygen atoms in total. The van der Waals surface area contributed by atoms with Crippen LogP contribution in [0.5, 0.6) is 0 Å². The summed E-state index contributed by atoms with van der Waals surface area (Å²) in [5, 5.41) is 48.8. The molecular formula is C33H58O13. The van der Waals surface area contributed by atoms with E-state index in [-0.39, 0.29) is 31.8 Å². The predicted octanol–water partition coefficient (Wildman–Crippen LogP) is 4.58. The van der Waals surface area contributed by atoms with E-state index in [9.17, 15) is 24.0 Å². The number of carbonyl (C=O) groups excluding carboxylic acids is 2. The summed E-state index contributed by atoms with van der Waals surface area (Å²) in [7, 11) is 0. The molecule has 0 spiro atoms. The monoisotopic (exact) mass is 662 g/mol. The minimum Gasteiger partial charge on any atom is -0.478 e. The van der Waals surface area contributed by atoms with Gasteiger partial charge in [0.1, 0.15) is 0 Å². The second kappa shape index (κ2) is 43.1. The Morgan fingerprint density at radius 1 is 0.630 bits per heavy atom. The average molecular weight is 663 g/mol. The number of aliphatic hydroxyl groups is 3. The Kier molecular flexibility index (Phi) is 50.9. The van der Waals surface area contributed by atoms with Crippen molar-refractivity contribution in [3.05, 3.63) is 63.3 Å². The first-order valence-electron chi connectivity index (χ1n) is 14.6. The molecule has 1 atom stereocenters. The molecule has 0 aliphatic carbocycles. The molecule has 0 aliphatic heterocycles. The minimum atomic E-state index is -0.981. The van der Waals surface area contributed by atoms with E-state index in [1.54, 1.807) is 0 Å². The maximum atomic E-state index is 10.8. The third-order valence-electron chi connectivity index (χ3n) is 5.36. The molecule has 0 aliphatic rings. The molecule has 13 heteroatoms. The van der Waals surface area contributed by atoms with E-state index >= 15 is 0 Å². The number of carboxylic acids is 3. The fourth-order valence-electron chi connectivity index (χ4n) is 2.02. The van der Waals surface area contributed by atoms with Crippen molar-refractivity contribution in [1.29, 1.82) is 0 Å². The van der Waals surface area contributed by atoms with Gasteiger partial charge in [0.2, 0.25) is 0 Å². The number of ether oxygens (including phenoxy) is 2. The van der Waals surface area contributed by atoms with E-state index in [4.69, 9.17) is 35.4 Å². The number of hydrogen-bond acceptors (Lipinski definition) is 10. The summed E-state index contributed by atoms with van der Waals surface area (Å²) in [6, 6.07) is 0. The van der Waals surface area contributed by atoms with E-state index in [1.165, 1.54) is 25.0 Å². The molecule has 0 bridgehead atoms. The van der Waals surface area contributed by atoms with Crippen molar-refractivity contribution in [2.45, 2.75) is 72.6 Å². The lowest BCUT2D eigenvalue weighted by atomic mass is 9.88. The van der Waals surface area contributed by atoms with Crippen LogP contribution in [0.1, 0.15) is 72.6 Å². The average Bonchev–Trinajstić information content (AvgIpc) is 3.07. The van der Waals surface area contributed by atoms with Crippen LogP contribution in [0.15, 0.2) is 63.3 Å². The van der Waals surface area contributed by atoms with Crippen LogP contribution >= 0.6 is 0 Å². The van der Waals surface area contributed by atoms with Gasteiger partial charge >= 0.3 is 29.8 Å². The van der Waals surface area contributed by atoms with E-state index < -0.39 is 23.3 Å². The second-order valence-electron chi connectivity index (χ2n) is 8.93. The van der Waals surface area contributed by atoms with Gasteiger partial charge in [0, 0.05) is 35.8 Å². The summed E-state index contributed by atoms with van der Waals surface area (Å²) in [6.07, 6.45) is 12.1. The van der Waals surface area contributed by atoms with E-state index in [1.807, 2.05) is 13.8 Å². The number of aliphatic hydroxyl groups excluding tert-OH is 3. The van der Waals surface area contributed by atoms with Gasteiger partial charge in [-0.15, -0.1) is 0 Å². The van der Waals surface area contributed by atoms with E-state index in [0.717, 1.165) is 43.9 Å². The molecule has 6 N–H and O–H groups in total. The number of aliphatic carboxylic acids is 3. The van der Waals surface area contributed by atoms with Crippen molar-refractivity contribution in [3.63, 3.8) is 0 Å². The lowest BCUT2D eigenvalue weighted by Crippen LogP contribution is -2.32. The van der Waals surface area contributed by atoms with Gasteiger partial charge in [0.25, 0.3) is 0 Å². The quantitative estimate of drug-likeness (QED) is 0.0672. The Morgan fingerprint density at radius 2 is 0.978 bits per heavy atom. The zero-order valence-corrected chi connectivity index (χ0v) is 28.0. The highest BCUT2D eigenvalue weighted by molar-refractivity contribution is 5.81. The summed E-state index contributed by atoms with van der Waals surface area (Å²) in [4.78, 5) is 48.9. The molecule has 0 aromatic heterocycles. The Bertz CT molecular complexity index is 771. The van der Waals surface area contributed by atoms with Gasteiger partial charge in [-0.05, 0) is 25.2 Å². The molecule has 0 heterocycles. The summed E-state index contributed by atoms with van der Waals surface area (Å²) in [5.41, 5.74) is -0.667. The maximum Gasteiger partial charge on any atom is 0.330 e. The molecule has 268 valence electrons. The SMILES string of the molecule is C=CC(=O)O.C=CC(=O)O.C=CC(=O)O.C=CC(=O)OCC(CC)CCCC.C=CC(=O)OCCCC.CCC(CO)(CO)CO. The molecule has 0 amide bonds. The van der Waals surface area contributed by atoms with Crippen LogP contribution in [0.25, 0.3) is 0 Å². The number of carbonyl (C=O) groups is 5. The van der Waals surface area contributed by atoms with Crippen LogP contribution in [0.4, 0.5) is 0 Å². The van der Waals surface area contributed by atoms with Gasteiger partial charge in [-0.2, -0.15) is 0 Å². The molecule has 0 aromatic rings. The molecule has 46 heavy (non-hydrogen) atoms. The molecule has 0 saturated heterocycles. The van der Waals surface area contributed by atoms with Crippen LogP contribution in [-0.2, 0) is 33.4 Å². The standard InChI is InChI=1S/C11H20O2.C7H12O2.C6H14O3.3C3H4O2/c1-4-7-8-10(5-2)9-13-11(12)6-3;1-3-5-6-9-7(8)4-2;1-2-6(3-7,4-8)5-9;3*1-2-3(4)5/h6,10H,3-5,7-9H2,1-2H3;4H,2-3,5-6H2,1H3;7-9H,2-5H2,1H3;3*2H,1H2,(H,4,5). The number of carboxylic acid groups (broad SMARTS) is 3. The first-order valence-corrected chi connectivity index (χ1v) is 14.6. The highest BCUT2D eigenvalue weighted by atomic mass is 16.5. The molecule has 0 aromatic carbocycles. The first-order chi connectivity index (χ1) is 21.6. The Balaban J connectivity index is -0.000000109. The topological polar surface area (TPSA) is 225 Å². The van der Waals surface area contributed by atoms with Gasteiger partial charge < -0.3 is 40.1 Å².